The van der Waals surface area contributed by atoms with Gasteiger partial charge in [0.05, 0.1) is 17.6 Å². The van der Waals surface area contributed by atoms with E-state index in [1.165, 1.54) is 12.3 Å². The van der Waals surface area contributed by atoms with E-state index in [4.69, 9.17) is 0 Å². The Bertz CT molecular complexity index is 351. The zero-order valence-electron chi connectivity index (χ0n) is 6.29. The molecule has 2 nitrogen and oxygen atoms in total. The number of H-pyrrole nitrogens is 1. The van der Waals surface area contributed by atoms with Crippen LogP contribution in [0.25, 0.3) is 11.4 Å². The quantitative estimate of drug-likeness (QED) is 0.684. The lowest BCUT2D eigenvalue weighted by Gasteiger charge is -1.94. The van der Waals surface area contributed by atoms with Crippen LogP contribution in [0.5, 0.6) is 0 Å². The van der Waals surface area contributed by atoms with Crippen molar-refractivity contribution in [2.75, 3.05) is 0 Å². The SMILES string of the molecule is Fc1ccc(-c2ccc[nH]2)nc1. The molecule has 0 aliphatic heterocycles. The summed E-state index contributed by atoms with van der Waals surface area (Å²) in [5.41, 5.74) is 1.65. The summed E-state index contributed by atoms with van der Waals surface area (Å²) in [7, 11) is 0. The predicted octanol–water partition coefficient (Wildman–Crippen LogP) is 2.22. The van der Waals surface area contributed by atoms with Gasteiger partial charge in [-0.05, 0) is 24.3 Å². The second kappa shape index (κ2) is 2.77. The Balaban J connectivity index is 2.43. The number of hydrogen-bond acceptors (Lipinski definition) is 1. The summed E-state index contributed by atoms with van der Waals surface area (Å²) in [5.74, 6) is -0.315. The average molecular weight is 162 g/mol. The topological polar surface area (TPSA) is 28.7 Å². The Morgan fingerprint density at radius 3 is 2.75 bits per heavy atom. The van der Waals surface area contributed by atoms with E-state index in [-0.39, 0.29) is 5.82 Å². The van der Waals surface area contributed by atoms with E-state index in [0.717, 1.165) is 11.4 Å². The van der Waals surface area contributed by atoms with Gasteiger partial charge >= 0.3 is 0 Å². The maximum Gasteiger partial charge on any atom is 0.141 e. The first-order chi connectivity index (χ1) is 5.86. The molecule has 0 aliphatic carbocycles. The third-order valence-electron chi connectivity index (χ3n) is 1.60. The highest BCUT2D eigenvalue weighted by Crippen LogP contribution is 2.13. The molecule has 60 valence electrons. The maximum absolute atomic E-state index is 12.5. The molecule has 1 N–H and O–H groups in total. The third kappa shape index (κ3) is 1.21. The number of hydrogen-bond donors (Lipinski definition) is 1. The normalized spacial score (nSPS) is 10.1. The Labute approximate surface area is 69.1 Å². The molecule has 0 unspecified atom stereocenters. The number of rotatable bonds is 1. The fourth-order valence-corrected chi connectivity index (χ4v) is 1.02. The molecule has 0 radical (unpaired) electrons. The van der Waals surface area contributed by atoms with Crippen LogP contribution in [0.15, 0.2) is 36.7 Å². The standard InChI is InChI=1S/C9H7FN2/c10-7-3-4-9(12-6-7)8-2-1-5-11-8/h1-6,11H. The average Bonchev–Trinajstić information content (AvgIpc) is 2.58. The second-order valence-corrected chi connectivity index (χ2v) is 2.45. The van der Waals surface area contributed by atoms with Gasteiger partial charge < -0.3 is 4.98 Å². The highest BCUT2D eigenvalue weighted by Gasteiger charge is 1.98. The molecule has 0 aliphatic rings. The fourth-order valence-electron chi connectivity index (χ4n) is 1.02. The Morgan fingerprint density at radius 2 is 2.17 bits per heavy atom. The summed E-state index contributed by atoms with van der Waals surface area (Å²) >= 11 is 0. The number of nitrogens with zero attached hydrogens (tertiary/aromatic N) is 1. The minimum atomic E-state index is -0.315. The molecule has 2 rings (SSSR count). The van der Waals surface area contributed by atoms with E-state index in [2.05, 4.69) is 9.97 Å². The van der Waals surface area contributed by atoms with E-state index in [1.54, 1.807) is 12.3 Å². The van der Waals surface area contributed by atoms with Gasteiger partial charge in [-0.1, -0.05) is 0 Å². The second-order valence-electron chi connectivity index (χ2n) is 2.45. The molecule has 0 amide bonds. The number of aromatic nitrogens is 2. The van der Waals surface area contributed by atoms with Crippen LogP contribution in [0.2, 0.25) is 0 Å². The van der Waals surface area contributed by atoms with Gasteiger partial charge in [-0.2, -0.15) is 0 Å². The van der Waals surface area contributed by atoms with Crippen molar-refractivity contribution in [1.82, 2.24) is 9.97 Å². The van der Waals surface area contributed by atoms with Crippen LogP contribution in [0.4, 0.5) is 4.39 Å². The minimum absolute atomic E-state index is 0.315. The lowest BCUT2D eigenvalue weighted by Crippen LogP contribution is -1.83. The molecule has 2 aromatic heterocycles. The van der Waals surface area contributed by atoms with Crippen LogP contribution >= 0.6 is 0 Å². The van der Waals surface area contributed by atoms with Gasteiger partial charge in [-0.25, -0.2) is 4.39 Å². The summed E-state index contributed by atoms with van der Waals surface area (Å²) < 4.78 is 12.5. The van der Waals surface area contributed by atoms with Crippen molar-refractivity contribution in [3.8, 4) is 11.4 Å². The Hall–Kier alpha value is -1.64. The molecule has 12 heavy (non-hydrogen) atoms. The summed E-state index contributed by atoms with van der Waals surface area (Å²) in [6.07, 6.45) is 3.01. The summed E-state index contributed by atoms with van der Waals surface area (Å²) in [5, 5.41) is 0. The van der Waals surface area contributed by atoms with E-state index >= 15 is 0 Å². The van der Waals surface area contributed by atoms with Crippen LogP contribution in [-0.4, -0.2) is 9.97 Å². The lowest BCUT2D eigenvalue weighted by molar-refractivity contribution is 0.622. The predicted molar refractivity (Wildman–Crippen MR) is 44.0 cm³/mol. The fraction of sp³-hybridized carbons (Fsp3) is 0. The van der Waals surface area contributed by atoms with Crippen molar-refractivity contribution >= 4 is 0 Å². The molecule has 0 atom stereocenters. The van der Waals surface area contributed by atoms with E-state index in [9.17, 15) is 4.39 Å². The van der Waals surface area contributed by atoms with Gasteiger partial charge in [0.15, 0.2) is 0 Å². The number of aromatic amines is 1. The molecule has 2 aromatic rings. The smallest absolute Gasteiger partial charge is 0.141 e. The summed E-state index contributed by atoms with van der Waals surface area (Å²) in [4.78, 5) is 6.90. The van der Waals surface area contributed by atoms with Crippen LogP contribution in [0, 0.1) is 5.82 Å². The highest BCUT2D eigenvalue weighted by atomic mass is 19.1. The lowest BCUT2D eigenvalue weighted by atomic mass is 10.3. The highest BCUT2D eigenvalue weighted by molar-refractivity contribution is 5.53. The maximum atomic E-state index is 12.5. The zero-order chi connectivity index (χ0) is 8.39. The molecule has 0 aromatic carbocycles. The van der Waals surface area contributed by atoms with Gasteiger partial charge in [0, 0.05) is 6.20 Å². The van der Waals surface area contributed by atoms with Crippen LogP contribution < -0.4 is 0 Å². The van der Waals surface area contributed by atoms with Crippen molar-refractivity contribution in [3.63, 3.8) is 0 Å². The molecule has 0 saturated heterocycles. The van der Waals surface area contributed by atoms with Crippen molar-refractivity contribution < 1.29 is 4.39 Å². The van der Waals surface area contributed by atoms with E-state index in [0.29, 0.717) is 0 Å². The van der Waals surface area contributed by atoms with Crippen molar-refractivity contribution in [2.24, 2.45) is 0 Å². The van der Waals surface area contributed by atoms with Gasteiger partial charge in [-0.3, -0.25) is 4.98 Å². The third-order valence-corrected chi connectivity index (χ3v) is 1.60. The molecule has 2 heterocycles. The first-order valence-electron chi connectivity index (χ1n) is 3.61. The Kier molecular flexibility index (Phi) is 1.63. The number of halogens is 1. The van der Waals surface area contributed by atoms with E-state index < -0.39 is 0 Å². The van der Waals surface area contributed by atoms with Gasteiger partial charge in [0.2, 0.25) is 0 Å². The Morgan fingerprint density at radius 1 is 1.25 bits per heavy atom. The van der Waals surface area contributed by atoms with Gasteiger partial charge in [0.1, 0.15) is 5.82 Å². The van der Waals surface area contributed by atoms with Gasteiger partial charge in [-0.15, -0.1) is 0 Å². The van der Waals surface area contributed by atoms with Crippen LogP contribution in [0.3, 0.4) is 0 Å². The molecule has 0 fully saturated rings. The van der Waals surface area contributed by atoms with Crippen molar-refractivity contribution in [2.45, 2.75) is 0 Å². The largest absolute Gasteiger partial charge is 0.360 e. The zero-order valence-corrected chi connectivity index (χ0v) is 6.29. The molecular formula is C9H7FN2. The molecule has 3 heteroatoms. The number of nitrogens with one attached hydrogen (secondary N) is 1. The first-order valence-corrected chi connectivity index (χ1v) is 3.61. The monoisotopic (exact) mass is 162 g/mol. The van der Waals surface area contributed by atoms with Crippen LogP contribution in [-0.2, 0) is 0 Å². The summed E-state index contributed by atoms with van der Waals surface area (Å²) in [6, 6.07) is 6.80. The first kappa shape index (κ1) is 7.03. The minimum Gasteiger partial charge on any atom is -0.360 e. The van der Waals surface area contributed by atoms with Crippen molar-refractivity contribution in [1.29, 1.82) is 0 Å². The van der Waals surface area contributed by atoms with Crippen LogP contribution in [0.1, 0.15) is 0 Å². The summed E-state index contributed by atoms with van der Waals surface area (Å²) in [6.45, 7) is 0. The molecule has 0 saturated carbocycles. The molecular weight excluding hydrogens is 155 g/mol. The molecule has 0 bridgehead atoms. The van der Waals surface area contributed by atoms with Crippen molar-refractivity contribution in [3.05, 3.63) is 42.5 Å². The van der Waals surface area contributed by atoms with Gasteiger partial charge in [0.25, 0.3) is 0 Å². The van der Waals surface area contributed by atoms with E-state index in [1.807, 2.05) is 12.1 Å². The molecule has 0 spiro atoms. The number of pyridine rings is 1.